The fourth-order valence-electron chi connectivity index (χ4n) is 4.59. The zero-order chi connectivity index (χ0) is 15.0. The molecule has 4 atom stereocenters. The highest BCUT2D eigenvalue weighted by Crippen LogP contribution is 2.50. The average Bonchev–Trinajstić information content (AvgIpc) is 2.72. The number of hydrogen-bond donors (Lipinski definition) is 0. The maximum atomic E-state index is 2.46. The van der Waals surface area contributed by atoms with E-state index >= 15 is 0 Å². The highest BCUT2D eigenvalue weighted by Gasteiger charge is 2.42. The van der Waals surface area contributed by atoms with Crippen molar-refractivity contribution in [1.29, 1.82) is 0 Å². The number of rotatable bonds is 2. The van der Waals surface area contributed by atoms with Gasteiger partial charge in [-0.3, -0.25) is 0 Å². The van der Waals surface area contributed by atoms with Crippen molar-refractivity contribution in [3.8, 4) is 0 Å². The summed E-state index contributed by atoms with van der Waals surface area (Å²) in [6.07, 6.45) is 7.27. The smallest absolute Gasteiger partial charge is 0.0143 e. The summed E-state index contributed by atoms with van der Waals surface area (Å²) in [7, 11) is 0. The van der Waals surface area contributed by atoms with Gasteiger partial charge in [0.15, 0.2) is 0 Å². The van der Waals surface area contributed by atoms with E-state index in [0.29, 0.717) is 0 Å². The lowest BCUT2D eigenvalue weighted by atomic mass is 9.78. The van der Waals surface area contributed by atoms with E-state index in [0.717, 1.165) is 29.6 Å². The zero-order valence-corrected chi connectivity index (χ0v) is 13.8. The van der Waals surface area contributed by atoms with Crippen LogP contribution in [0.4, 0.5) is 0 Å². The van der Waals surface area contributed by atoms with Crippen molar-refractivity contribution in [3.63, 3.8) is 0 Å². The number of benzene rings is 1. The summed E-state index contributed by atoms with van der Waals surface area (Å²) in [6.45, 7) is 9.82. The molecule has 0 heteroatoms. The Kier molecular flexibility index (Phi) is 4.06. The van der Waals surface area contributed by atoms with E-state index in [1.807, 2.05) is 0 Å². The van der Waals surface area contributed by atoms with Crippen LogP contribution in [0.2, 0.25) is 0 Å². The molecule has 0 aliphatic heterocycles. The molecular formula is C21H28. The van der Waals surface area contributed by atoms with Gasteiger partial charge in [0.1, 0.15) is 0 Å². The molecule has 2 aliphatic rings. The minimum Gasteiger partial charge on any atom is -0.0662 e. The molecule has 21 heavy (non-hydrogen) atoms. The lowest BCUT2D eigenvalue weighted by Crippen LogP contribution is -2.17. The minimum atomic E-state index is 0.795. The van der Waals surface area contributed by atoms with Gasteiger partial charge in [-0.25, -0.2) is 0 Å². The van der Waals surface area contributed by atoms with Gasteiger partial charge < -0.3 is 0 Å². The van der Waals surface area contributed by atoms with Gasteiger partial charge in [-0.1, -0.05) is 75.8 Å². The first-order valence-corrected chi connectivity index (χ1v) is 8.54. The molecule has 1 saturated carbocycles. The second kappa shape index (κ2) is 5.83. The van der Waals surface area contributed by atoms with E-state index in [1.54, 1.807) is 5.57 Å². The average molecular weight is 280 g/mol. The molecule has 1 aromatic rings. The fraction of sp³-hybridized carbons (Fsp3) is 0.524. The first kappa shape index (κ1) is 14.6. The third-order valence-electron chi connectivity index (χ3n) is 6.38. The highest BCUT2D eigenvalue weighted by atomic mass is 14.5. The first-order chi connectivity index (χ1) is 10.1. The molecule has 0 saturated heterocycles. The van der Waals surface area contributed by atoms with E-state index in [9.17, 15) is 0 Å². The van der Waals surface area contributed by atoms with Gasteiger partial charge in [-0.2, -0.15) is 0 Å². The molecule has 1 fully saturated rings. The SMILES string of the molecule is CC1C(C)C(C)C(C2=CC=C(c3ccccc3)CC2)C1C. The largest absolute Gasteiger partial charge is 0.0662 e. The Balaban J connectivity index is 1.83. The summed E-state index contributed by atoms with van der Waals surface area (Å²) in [5, 5.41) is 0. The van der Waals surface area contributed by atoms with Crippen molar-refractivity contribution in [1.82, 2.24) is 0 Å². The van der Waals surface area contributed by atoms with Crippen LogP contribution in [0.1, 0.15) is 46.1 Å². The molecule has 0 amide bonds. The normalized spacial score (nSPS) is 36.3. The van der Waals surface area contributed by atoms with Crippen molar-refractivity contribution >= 4 is 5.57 Å². The molecule has 1 aromatic carbocycles. The van der Waals surface area contributed by atoms with Crippen LogP contribution in [0.25, 0.3) is 5.57 Å². The van der Waals surface area contributed by atoms with E-state index in [2.05, 4.69) is 70.2 Å². The standard InChI is InChI=1S/C21H28/c1-14-15(2)17(4)21(16(14)3)20-12-10-19(11-13-20)18-8-6-5-7-9-18/h5-10,12,14-17,21H,11,13H2,1-4H3. The van der Waals surface area contributed by atoms with E-state index in [4.69, 9.17) is 0 Å². The second-order valence-electron chi connectivity index (χ2n) is 7.26. The summed E-state index contributed by atoms with van der Waals surface area (Å²) in [5.41, 5.74) is 4.59. The van der Waals surface area contributed by atoms with Gasteiger partial charge in [0.2, 0.25) is 0 Å². The summed E-state index contributed by atoms with van der Waals surface area (Å²) >= 11 is 0. The van der Waals surface area contributed by atoms with Crippen molar-refractivity contribution in [3.05, 3.63) is 53.6 Å². The van der Waals surface area contributed by atoms with Crippen LogP contribution in [0.5, 0.6) is 0 Å². The highest BCUT2D eigenvalue weighted by molar-refractivity contribution is 5.68. The molecule has 0 heterocycles. The molecule has 0 spiro atoms. The number of hydrogen-bond acceptors (Lipinski definition) is 0. The zero-order valence-electron chi connectivity index (χ0n) is 13.8. The van der Waals surface area contributed by atoms with Gasteiger partial charge >= 0.3 is 0 Å². The molecule has 2 aliphatic carbocycles. The molecule has 112 valence electrons. The summed E-state index contributed by atoms with van der Waals surface area (Å²) in [4.78, 5) is 0. The Bertz CT molecular complexity index is 535. The van der Waals surface area contributed by atoms with Crippen LogP contribution in [0.3, 0.4) is 0 Å². The van der Waals surface area contributed by atoms with Crippen LogP contribution in [-0.4, -0.2) is 0 Å². The van der Waals surface area contributed by atoms with Crippen molar-refractivity contribution in [2.24, 2.45) is 29.6 Å². The van der Waals surface area contributed by atoms with Gasteiger partial charge in [0.25, 0.3) is 0 Å². The molecule has 4 unspecified atom stereocenters. The van der Waals surface area contributed by atoms with Crippen LogP contribution >= 0.6 is 0 Å². The predicted molar refractivity (Wildman–Crippen MR) is 91.9 cm³/mol. The number of allylic oxidation sites excluding steroid dienone is 4. The van der Waals surface area contributed by atoms with Crippen molar-refractivity contribution in [2.45, 2.75) is 40.5 Å². The Morgan fingerprint density at radius 1 is 0.714 bits per heavy atom. The topological polar surface area (TPSA) is 0 Å². The summed E-state index contributed by atoms with van der Waals surface area (Å²) < 4.78 is 0. The van der Waals surface area contributed by atoms with E-state index in [1.165, 1.54) is 24.0 Å². The van der Waals surface area contributed by atoms with Crippen molar-refractivity contribution < 1.29 is 0 Å². The maximum Gasteiger partial charge on any atom is -0.0143 e. The molecule has 0 bridgehead atoms. The molecule has 0 aromatic heterocycles. The Labute approximate surface area is 130 Å². The van der Waals surface area contributed by atoms with Gasteiger partial charge in [0.05, 0.1) is 0 Å². The third kappa shape index (κ3) is 2.61. The molecule has 0 N–H and O–H groups in total. The van der Waals surface area contributed by atoms with Crippen molar-refractivity contribution in [2.75, 3.05) is 0 Å². The van der Waals surface area contributed by atoms with Crippen LogP contribution in [0, 0.1) is 29.6 Å². The maximum absolute atomic E-state index is 2.46. The lowest BCUT2D eigenvalue weighted by molar-refractivity contribution is 0.352. The van der Waals surface area contributed by atoms with Gasteiger partial charge in [0, 0.05) is 0 Å². The first-order valence-electron chi connectivity index (χ1n) is 8.54. The van der Waals surface area contributed by atoms with Crippen LogP contribution in [-0.2, 0) is 0 Å². The van der Waals surface area contributed by atoms with Gasteiger partial charge in [-0.15, -0.1) is 0 Å². The quantitative estimate of drug-likeness (QED) is 0.626. The molecule has 0 nitrogen and oxygen atoms in total. The molecule has 3 rings (SSSR count). The van der Waals surface area contributed by atoms with Crippen LogP contribution < -0.4 is 0 Å². The Morgan fingerprint density at radius 3 is 1.86 bits per heavy atom. The van der Waals surface area contributed by atoms with Crippen LogP contribution in [0.15, 0.2) is 48.1 Å². The molecule has 0 radical (unpaired) electrons. The lowest BCUT2D eigenvalue weighted by Gasteiger charge is -2.27. The van der Waals surface area contributed by atoms with E-state index < -0.39 is 0 Å². The summed E-state index contributed by atoms with van der Waals surface area (Å²) in [5.74, 6) is 4.15. The third-order valence-corrected chi connectivity index (χ3v) is 6.38. The molecular weight excluding hydrogens is 252 g/mol. The Hall–Kier alpha value is -1.30. The monoisotopic (exact) mass is 280 g/mol. The fourth-order valence-corrected chi connectivity index (χ4v) is 4.59. The summed E-state index contributed by atoms with van der Waals surface area (Å²) in [6, 6.07) is 10.8. The van der Waals surface area contributed by atoms with E-state index in [-0.39, 0.29) is 0 Å². The minimum absolute atomic E-state index is 0.795. The Morgan fingerprint density at radius 2 is 1.33 bits per heavy atom. The van der Waals surface area contributed by atoms with Gasteiger partial charge in [-0.05, 0) is 53.6 Å². The second-order valence-corrected chi connectivity index (χ2v) is 7.26. The predicted octanol–water partition coefficient (Wildman–Crippen LogP) is 5.96.